The molecule has 1 heterocycles. The third kappa shape index (κ3) is 5.60. The van der Waals surface area contributed by atoms with E-state index >= 15 is 0 Å². The van der Waals surface area contributed by atoms with Gasteiger partial charge in [-0.25, -0.2) is 9.18 Å². The van der Waals surface area contributed by atoms with Gasteiger partial charge in [-0.15, -0.1) is 0 Å². The van der Waals surface area contributed by atoms with Gasteiger partial charge in [-0.1, -0.05) is 49.9 Å². The maximum Gasteiger partial charge on any atom is 0.410 e. The molecule has 1 amide bonds. The van der Waals surface area contributed by atoms with Crippen LogP contribution in [0.25, 0.3) is 0 Å². The van der Waals surface area contributed by atoms with Gasteiger partial charge in [-0.05, 0) is 46.1 Å². The Balaban J connectivity index is 2.29. The number of likely N-dealkylation sites (tertiary alicyclic amines) is 1. The molecule has 2 atom stereocenters. The maximum absolute atomic E-state index is 14.8. The number of amides is 1. The third-order valence-corrected chi connectivity index (χ3v) is 5.62. The van der Waals surface area contributed by atoms with Crippen molar-refractivity contribution in [2.45, 2.75) is 77.4 Å². The summed E-state index contributed by atoms with van der Waals surface area (Å²) in [6, 6.07) is 4.76. The number of piperidine rings is 1. The number of benzene rings is 1. The fourth-order valence-corrected chi connectivity index (χ4v) is 4.08. The summed E-state index contributed by atoms with van der Waals surface area (Å²) in [6.07, 6.45) is 4.23. The van der Waals surface area contributed by atoms with E-state index < -0.39 is 17.0 Å². The van der Waals surface area contributed by atoms with Crippen molar-refractivity contribution in [2.24, 2.45) is 5.92 Å². The monoisotopic (exact) mass is 413 g/mol. The highest BCUT2D eigenvalue weighted by molar-refractivity contribution is 6.30. The second kappa shape index (κ2) is 9.45. The van der Waals surface area contributed by atoms with Crippen molar-refractivity contribution in [2.75, 3.05) is 13.1 Å². The van der Waals surface area contributed by atoms with E-state index in [0.29, 0.717) is 25.9 Å². The lowest BCUT2D eigenvalue weighted by molar-refractivity contribution is -0.0657. The van der Waals surface area contributed by atoms with Crippen molar-refractivity contribution >= 4 is 17.7 Å². The average molecular weight is 414 g/mol. The topological polar surface area (TPSA) is 49.8 Å². The van der Waals surface area contributed by atoms with Gasteiger partial charge in [0.05, 0.1) is 10.6 Å². The van der Waals surface area contributed by atoms with Crippen LogP contribution >= 0.6 is 11.6 Å². The second-order valence-corrected chi connectivity index (χ2v) is 9.16. The minimum Gasteiger partial charge on any atom is -0.444 e. The Morgan fingerprint density at radius 2 is 2.07 bits per heavy atom. The van der Waals surface area contributed by atoms with Crippen LogP contribution in [0.1, 0.15) is 71.8 Å². The van der Waals surface area contributed by atoms with Crippen LogP contribution < -0.4 is 0 Å². The van der Waals surface area contributed by atoms with Crippen LogP contribution in [0.5, 0.6) is 0 Å². The molecule has 28 heavy (non-hydrogen) atoms. The number of carbonyl (C=O) groups excluding carboxylic acids is 1. The lowest BCUT2D eigenvalue weighted by atomic mass is 9.74. The van der Waals surface area contributed by atoms with E-state index in [-0.39, 0.29) is 22.6 Å². The fraction of sp³-hybridized carbons (Fsp3) is 0.682. The number of hydrogen-bond acceptors (Lipinski definition) is 3. The van der Waals surface area contributed by atoms with Crippen molar-refractivity contribution in [3.8, 4) is 0 Å². The van der Waals surface area contributed by atoms with Crippen LogP contribution in [-0.2, 0) is 10.3 Å². The number of nitrogens with zero attached hydrogens (tertiary/aromatic N) is 1. The summed E-state index contributed by atoms with van der Waals surface area (Å²) in [6.45, 7) is 8.49. The Kier molecular flexibility index (Phi) is 7.74. The van der Waals surface area contributed by atoms with E-state index in [4.69, 9.17) is 16.3 Å². The van der Waals surface area contributed by atoms with Gasteiger partial charge in [0.25, 0.3) is 0 Å². The van der Waals surface area contributed by atoms with Crippen LogP contribution in [0.2, 0.25) is 5.02 Å². The Labute approximate surface area is 173 Å². The molecule has 0 aliphatic carbocycles. The van der Waals surface area contributed by atoms with Crippen LogP contribution in [0.3, 0.4) is 0 Å². The normalized spacial score (nSPS) is 20.0. The summed E-state index contributed by atoms with van der Waals surface area (Å²) in [7, 11) is 0. The molecular formula is C22H33ClFNO3. The van der Waals surface area contributed by atoms with Gasteiger partial charge in [-0.2, -0.15) is 0 Å². The zero-order chi connectivity index (χ0) is 20.9. The first-order chi connectivity index (χ1) is 13.1. The molecule has 0 radical (unpaired) electrons. The molecule has 4 nitrogen and oxygen atoms in total. The van der Waals surface area contributed by atoms with Crippen LogP contribution in [0.4, 0.5) is 9.18 Å². The largest absolute Gasteiger partial charge is 0.444 e. The van der Waals surface area contributed by atoms with Crippen LogP contribution in [0.15, 0.2) is 18.2 Å². The molecule has 1 aromatic carbocycles. The van der Waals surface area contributed by atoms with Gasteiger partial charge in [0.1, 0.15) is 11.4 Å². The lowest BCUT2D eigenvalue weighted by Gasteiger charge is -2.43. The molecule has 1 aliphatic heterocycles. The summed E-state index contributed by atoms with van der Waals surface area (Å²) in [5.41, 5.74) is -1.72. The number of hydrogen-bond donors (Lipinski definition) is 1. The van der Waals surface area contributed by atoms with E-state index in [9.17, 15) is 14.3 Å². The Morgan fingerprint density at radius 1 is 1.36 bits per heavy atom. The summed E-state index contributed by atoms with van der Waals surface area (Å²) in [5, 5.41) is 11.7. The molecule has 0 aromatic heterocycles. The number of unbranched alkanes of at least 4 members (excludes halogenated alkanes) is 2. The summed E-state index contributed by atoms with van der Waals surface area (Å²) < 4.78 is 20.3. The van der Waals surface area contributed by atoms with E-state index in [2.05, 4.69) is 6.92 Å². The highest BCUT2D eigenvalue weighted by Crippen LogP contribution is 2.42. The van der Waals surface area contributed by atoms with E-state index in [1.807, 2.05) is 20.8 Å². The highest BCUT2D eigenvalue weighted by atomic mass is 35.5. The fourth-order valence-electron chi connectivity index (χ4n) is 3.90. The van der Waals surface area contributed by atoms with E-state index in [1.165, 1.54) is 6.07 Å². The summed E-state index contributed by atoms with van der Waals surface area (Å²) >= 11 is 6.00. The minimum absolute atomic E-state index is 0.00576. The molecule has 2 rings (SSSR count). The van der Waals surface area contributed by atoms with E-state index in [1.54, 1.807) is 17.0 Å². The standard InChI is InChI=1S/C22H33ClFNO3/c1-5-6-7-13-22(27,17-11-8-12-18(23)19(17)24)16-10-9-14-25(15-16)20(26)28-21(2,3)4/h8,11-12,16,27H,5-7,9-10,13-15H2,1-4H3/t16-,22+/m1/s1. The molecule has 6 heteroatoms. The highest BCUT2D eigenvalue weighted by Gasteiger charge is 2.43. The smallest absolute Gasteiger partial charge is 0.410 e. The Hall–Kier alpha value is -1.33. The third-order valence-electron chi connectivity index (χ3n) is 5.33. The molecule has 0 saturated carbocycles. The van der Waals surface area contributed by atoms with Crippen LogP contribution in [0, 0.1) is 11.7 Å². The lowest BCUT2D eigenvalue weighted by Crippen LogP contribution is -2.49. The Bertz CT molecular complexity index is 676. The maximum atomic E-state index is 14.8. The Morgan fingerprint density at radius 3 is 2.71 bits per heavy atom. The average Bonchev–Trinajstić information content (AvgIpc) is 2.63. The number of halogens is 2. The molecule has 0 spiro atoms. The van der Waals surface area contributed by atoms with Crippen molar-refractivity contribution in [1.29, 1.82) is 0 Å². The minimum atomic E-state index is -1.37. The molecule has 1 aliphatic rings. The molecular weight excluding hydrogens is 381 g/mol. The second-order valence-electron chi connectivity index (χ2n) is 8.75. The zero-order valence-corrected chi connectivity index (χ0v) is 18.2. The first-order valence-corrected chi connectivity index (χ1v) is 10.6. The summed E-state index contributed by atoms with van der Waals surface area (Å²) in [4.78, 5) is 14.2. The summed E-state index contributed by atoms with van der Waals surface area (Å²) in [5.74, 6) is -0.851. The SMILES string of the molecule is CCCCC[C@@](O)(c1cccc(Cl)c1F)[C@@H]1CCCN(C(=O)OC(C)(C)C)C1. The van der Waals surface area contributed by atoms with Crippen molar-refractivity contribution in [3.63, 3.8) is 0 Å². The van der Waals surface area contributed by atoms with Gasteiger partial charge in [-0.3, -0.25) is 0 Å². The predicted molar refractivity (Wildman–Crippen MR) is 110 cm³/mol. The van der Waals surface area contributed by atoms with Gasteiger partial charge in [0, 0.05) is 24.6 Å². The van der Waals surface area contributed by atoms with Gasteiger partial charge in [0.2, 0.25) is 0 Å². The molecule has 0 bridgehead atoms. The molecule has 1 aromatic rings. The molecule has 158 valence electrons. The number of rotatable bonds is 6. The molecule has 0 unspecified atom stereocenters. The van der Waals surface area contributed by atoms with Crippen LogP contribution in [-0.4, -0.2) is 34.8 Å². The predicted octanol–water partition coefficient (Wildman–Crippen LogP) is 5.89. The number of carbonyl (C=O) groups is 1. The van der Waals surface area contributed by atoms with Crippen molar-refractivity contribution < 1.29 is 19.0 Å². The van der Waals surface area contributed by atoms with Crippen molar-refractivity contribution in [1.82, 2.24) is 4.90 Å². The van der Waals surface area contributed by atoms with Crippen molar-refractivity contribution in [3.05, 3.63) is 34.6 Å². The molecule has 1 N–H and O–H groups in total. The van der Waals surface area contributed by atoms with Gasteiger partial charge in [0.15, 0.2) is 0 Å². The zero-order valence-electron chi connectivity index (χ0n) is 17.4. The first-order valence-electron chi connectivity index (χ1n) is 10.2. The number of aliphatic hydroxyl groups is 1. The number of ether oxygens (including phenoxy) is 1. The van der Waals surface area contributed by atoms with Gasteiger partial charge >= 0.3 is 6.09 Å². The molecule has 1 fully saturated rings. The quantitative estimate of drug-likeness (QED) is 0.591. The van der Waals surface area contributed by atoms with Gasteiger partial charge < -0.3 is 14.7 Å². The first kappa shape index (κ1) is 23.0. The molecule has 1 saturated heterocycles. The van der Waals surface area contributed by atoms with E-state index in [0.717, 1.165) is 25.7 Å².